The Hall–Kier alpha value is -0.110. The van der Waals surface area contributed by atoms with Gasteiger partial charge in [-0.1, -0.05) is 13.8 Å². The lowest BCUT2D eigenvalue weighted by Gasteiger charge is -2.13. The van der Waals surface area contributed by atoms with Gasteiger partial charge in [0.25, 0.3) is 0 Å². The van der Waals surface area contributed by atoms with Gasteiger partial charge in [-0.15, -0.1) is 0 Å². The Labute approximate surface area is 56.6 Å². The highest BCUT2D eigenvalue weighted by molar-refractivity contribution is 4.63. The molecule has 0 saturated heterocycles. The zero-order valence-electron chi connectivity index (χ0n) is 6.45. The molecular weight excluding hydrogens is 117 g/mol. The van der Waals surface area contributed by atoms with E-state index in [1.807, 2.05) is 0 Å². The highest BCUT2D eigenvalue weighted by Gasteiger charge is 2.06. The van der Waals surface area contributed by atoms with Crippen molar-refractivity contribution in [2.24, 2.45) is 5.92 Å². The van der Waals surface area contributed by atoms with Crippen LogP contribution in [0.4, 0.5) is 4.39 Å². The van der Waals surface area contributed by atoms with Gasteiger partial charge in [0.1, 0.15) is 6.67 Å². The summed E-state index contributed by atoms with van der Waals surface area (Å²) in [7, 11) is 1.80. The molecule has 0 saturated carbocycles. The molecule has 9 heavy (non-hydrogen) atoms. The Morgan fingerprint density at radius 3 is 2.11 bits per heavy atom. The van der Waals surface area contributed by atoms with E-state index in [0.29, 0.717) is 5.92 Å². The molecule has 0 fully saturated rings. The van der Waals surface area contributed by atoms with Gasteiger partial charge in [-0.2, -0.15) is 0 Å². The summed E-state index contributed by atoms with van der Waals surface area (Å²) < 4.78 is 12.0. The molecule has 0 aliphatic carbocycles. The van der Waals surface area contributed by atoms with E-state index in [9.17, 15) is 4.39 Å². The van der Waals surface area contributed by atoms with E-state index in [1.54, 1.807) is 7.05 Å². The second-order valence-corrected chi connectivity index (χ2v) is 2.77. The molecule has 0 radical (unpaired) electrons. The van der Waals surface area contributed by atoms with Gasteiger partial charge < -0.3 is 5.32 Å². The van der Waals surface area contributed by atoms with Gasteiger partial charge in [0, 0.05) is 6.04 Å². The lowest BCUT2D eigenvalue weighted by molar-refractivity contribution is 0.345. The van der Waals surface area contributed by atoms with Crippen molar-refractivity contribution in [2.75, 3.05) is 13.7 Å². The first-order valence-electron chi connectivity index (χ1n) is 3.44. The third kappa shape index (κ3) is 4.40. The zero-order chi connectivity index (χ0) is 7.28. The van der Waals surface area contributed by atoms with Crippen LogP contribution >= 0.6 is 0 Å². The van der Waals surface area contributed by atoms with Crippen LogP contribution in [0, 0.1) is 5.92 Å². The number of halogens is 1. The van der Waals surface area contributed by atoms with Crippen molar-refractivity contribution in [2.45, 2.75) is 26.3 Å². The molecule has 1 atom stereocenters. The van der Waals surface area contributed by atoms with E-state index in [4.69, 9.17) is 0 Å². The minimum absolute atomic E-state index is 0.0602. The maximum absolute atomic E-state index is 12.0. The molecule has 2 heteroatoms. The Morgan fingerprint density at radius 1 is 1.44 bits per heavy atom. The zero-order valence-corrected chi connectivity index (χ0v) is 6.45. The molecule has 0 aromatic rings. The lowest BCUT2D eigenvalue weighted by Crippen LogP contribution is -2.28. The smallest absolute Gasteiger partial charge is 0.105 e. The van der Waals surface area contributed by atoms with Crippen molar-refractivity contribution in [3.63, 3.8) is 0 Å². The van der Waals surface area contributed by atoms with Crippen molar-refractivity contribution in [1.82, 2.24) is 5.32 Å². The predicted molar refractivity (Wildman–Crippen MR) is 38.3 cm³/mol. The van der Waals surface area contributed by atoms with Crippen LogP contribution in [-0.4, -0.2) is 19.8 Å². The van der Waals surface area contributed by atoms with Crippen LogP contribution < -0.4 is 5.32 Å². The molecule has 0 heterocycles. The number of hydrogen-bond acceptors (Lipinski definition) is 1. The Bertz CT molecular complexity index is 59.9. The molecule has 0 aromatic carbocycles. The molecule has 1 nitrogen and oxygen atoms in total. The fraction of sp³-hybridized carbons (Fsp3) is 1.00. The normalized spacial score (nSPS) is 14.3. The quantitative estimate of drug-likeness (QED) is 0.614. The third-order valence-electron chi connectivity index (χ3n) is 1.35. The number of rotatable bonds is 4. The topological polar surface area (TPSA) is 12.0 Å². The minimum Gasteiger partial charge on any atom is -0.314 e. The van der Waals surface area contributed by atoms with Crippen LogP contribution in [0.5, 0.6) is 0 Å². The largest absolute Gasteiger partial charge is 0.314 e. The van der Waals surface area contributed by atoms with Gasteiger partial charge in [-0.05, 0) is 19.4 Å². The monoisotopic (exact) mass is 133 g/mol. The van der Waals surface area contributed by atoms with Crippen molar-refractivity contribution < 1.29 is 4.39 Å². The van der Waals surface area contributed by atoms with Crippen LogP contribution in [0.15, 0.2) is 0 Å². The van der Waals surface area contributed by atoms with Crippen molar-refractivity contribution in [3.8, 4) is 0 Å². The van der Waals surface area contributed by atoms with Crippen LogP contribution in [0.25, 0.3) is 0 Å². The van der Waals surface area contributed by atoms with Crippen molar-refractivity contribution in [1.29, 1.82) is 0 Å². The van der Waals surface area contributed by atoms with E-state index in [1.165, 1.54) is 0 Å². The second kappa shape index (κ2) is 4.74. The maximum atomic E-state index is 12.0. The Kier molecular flexibility index (Phi) is 4.68. The third-order valence-corrected chi connectivity index (χ3v) is 1.35. The summed E-state index contributed by atoms with van der Waals surface area (Å²) in [5, 5.41) is 2.91. The van der Waals surface area contributed by atoms with E-state index < -0.39 is 0 Å². The molecule has 0 bridgehead atoms. The molecule has 0 aliphatic rings. The highest BCUT2D eigenvalue weighted by atomic mass is 19.1. The summed E-state index contributed by atoms with van der Waals surface area (Å²) in [6.07, 6.45) is 0.924. The molecule has 0 rings (SSSR count). The van der Waals surface area contributed by atoms with Gasteiger partial charge in [0.15, 0.2) is 0 Å². The lowest BCUT2D eigenvalue weighted by atomic mass is 10.1. The highest BCUT2D eigenvalue weighted by Crippen LogP contribution is 2.03. The Balaban J connectivity index is 3.31. The average molecular weight is 133 g/mol. The summed E-state index contributed by atoms with van der Waals surface area (Å²) >= 11 is 0. The number of nitrogens with one attached hydrogen (secondary N) is 1. The molecule has 0 spiro atoms. The van der Waals surface area contributed by atoms with Gasteiger partial charge in [0.2, 0.25) is 0 Å². The summed E-state index contributed by atoms with van der Waals surface area (Å²) in [6, 6.07) is 0.0602. The second-order valence-electron chi connectivity index (χ2n) is 2.77. The van der Waals surface area contributed by atoms with Crippen LogP contribution in [-0.2, 0) is 0 Å². The minimum atomic E-state index is -0.255. The van der Waals surface area contributed by atoms with Crippen LogP contribution in [0.2, 0.25) is 0 Å². The van der Waals surface area contributed by atoms with Crippen molar-refractivity contribution >= 4 is 0 Å². The molecule has 0 aliphatic heterocycles. The van der Waals surface area contributed by atoms with Gasteiger partial charge in [0.05, 0.1) is 0 Å². The molecule has 0 amide bonds. The van der Waals surface area contributed by atoms with E-state index in [-0.39, 0.29) is 12.7 Å². The SMILES string of the molecule is CN[C@@H](CF)CC(C)C. The molecular formula is C7H16FN. The summed E-state index contributed by atoms with van der Waals surface area (Å²) in [5.74, 6) is 0.582. The molecule has 0 unspecified atom stereocenters. The van der Waals surface area contributed by atoms with Gasteiger partial charge in [-0.25, -0.2) is 4.39 Å². The number of alkyl halides is 1. The van der Waals surface area contributed by atoms with Gasteiger partial charge >= 0.3 is 0 Å². The summed E-state index contributed by atoms with van der Waals surface area (Å²) in [6.45, 7) is 3.94. The first kappa shape index (κ1) is 8.89. The fourth-order valence-corrected chi connectivity index (χ4v) is 0.827. The molecule has 1 N–H and O–H groups in total. The standard InChI is InChI=1S/C7H16FN/c1-6(2)4-7(5-8)9-3/h6-7,9H,4-5H2,1-3H3/t7-/m1/s1. The first-order valence-corrected chi connectivity index (χ1v) is 3.44. The van der Waals surface area contributed by atoms with Gasteiger partial charge in [-0.3, -0.25) is 0 Å². The predicted octanol–water partition coefficient (Wildman–Crippen LogP) is 1.59. The molecule has 0 aromatic heterocycles. The first-order chi connectivity index (χ1) is 4.20. The van der Waals surface area contributed by atoms with Crippen LogP contribution in [0.1, 0.15) is 20.3 Å². The van der Waals surface area contributed by atoms with E-state index in [0.717, 1.165) is 6.42 Å². The maximum Gasteiger partial charge on any atom is 0.105 e. The average Bonchev–Trinajstić information content (AvgIpc) is 1.82. The summed E-state index contributed by atoms with van der Waals surface area (Å²) in [4.78, 5) is 0. The summed E-state index contributed by atoms with van der Waals surface area (Å²) in [5.41, 5.74) is 0. The van der Waals surface area contributed by atoms with Crippen LogP contribution in [0.3, 0.4) is 0 Å². The number of hydrogen-bond donors (Lipinski definition) is 1. The molecule has 56 valence electrons. The fourth-order valence-electron chi connectivity index (χ4n) is 0.827. The van der Waals surface area contributed by atoms with E-state index >= 15 is 0 Å². The van der Waals surface area contributed by atoms with E-state index in [2.05, 4.69) is 19.2 Å². The van der Waals surface area contributed by atoms with Crippen molar-refractivity contribution in [3.05, 3.63) is 0 Å². The Morgan fingerprint density at radius 2 is 2.00 bits per heavy atom.